The van der Waals surface area contributed by atoms with Gasteiger partial charge in [-0.2, -0.15) is 0 Å². The molecule has 1 aliphatic rings. The van der Waals surface area contributed by atoms with Gasteiger partial charge in [-0.1, -0.05) is 11.6 Å². The third-order valence-electron chi connectivity index (χ3n) is 2.94. The Balaban J connectivity index is 2.19. The van der Waals surface area contributed by atoms with E-state index >= 15 is 0 Å². The number of aliphatic hydroxyl groups excluding tert-OH is 1. The first-order valence-electron chi connectivity index (χ1n) is 5.37. The summed E-state index contributed by atoms with van der Waals surface area (Å²) in [6.45, 7) is -0.0331. The molecule has 0 aliphatic heterocycles. The Hall–Kier alpha value is -1.26. The van der Waals surface area contributed by atoms with Crippen LogP contribution in [0.25, 0.3) is 0 Å². The molecule has 1 amide bonds. The number of carbonyl (C=O) groups excluding carboxylic acids is 1. The molecule has 0 unspecified atom stereocenters. The number of aliphatic hydroxyl groups is 1. The average molecular weight is 256 g/mol. The van der Waals surface area contributed by atoms with Gasteiger partial charge in [0.05, 0.1) is 24.8 Å². The topological polar surface area (TPSA) is 58.6 Å². The van der Waals surface area contributed by atoms with Crippen LogP contribution in [-0.4, -0.2) is 30.3 Å². The van der Waals surface area contributed by atoms with E-state index in [0.717, 1.165) is 12.8 Å². The van der Waals surface area contributed by atoms with E-state index in [1.54, 1.807) is 18.2 Å². The summed E-state index contributed by atoms with van der Waals surface area (Å²) in [6.07, 6.45) is 1.62. The number of halogens is 1. The van der Waals surface area contributed by atoms with Gasteiger partial charge in [0.1, 0.15) is 5.75 Å². The molecular formula is C12H14ClNO3. The Morgan fingerprint density at radius 2 is 2.29 bits per heavy atom. The summed E-state index contributed by atoms with van der Waals surface area (Å²) >= 11 is 5.82. The Labute approximate surface area is 105 Å². The van der Waals surface area contributed by atoms with Crippen LogP contribution in [0.5, 0.6) is 5.75 Å². The molecular weight excluding hydrogens is 242 g/mol. The molecule has 1 aromatic rings. The molecule has 1 aromatic carbocycles. The smallest absolute Gasteiger partial charge is 0.255 e. The summed E-state index contributed by atoms with van der Waals surface area (Å²) in [5.41, 5.74) is -0.00141. The lowest BCUT2D eigenvalue weighted by atomic mass is 10.1. The van der Waals surface area contributed by atoms with Gasteiger partial charge in [0, 0.05) is 5.02 Å². The molecule has 0 heterocycles. The summed E-state index contributed by atoms with van der Waals surface area (Å²) in [5.74, 6) is 0.189. The van der Waals surface area contributed by atoms with Gasteiger partial charge in [-0.25, -0.2) is 0 Å². The van der Waals surface area contributed by atoms with Crippen molar-refractivity contribution in [2.24, 2.45) is 0 Å². The predicted molar refractivity (Wildman–Crippen MR) is 64.5 cm³/mol. The minimum Gasteiger partial charge on any atom is -0.496 e. The molecule has 0 bridgehead atoms. The van der Waals surface area contributed by atoms with Crippen LogP contribution in [-0.2, 0) is 0 Å². The van der Waals surface area contributed by atoms with E-state index in [-0.39, 0.29) is 12.5 Å². The molecule has 92 valence electrons. The Kier molecular flexibility index (Phi) is 3.26. The van der Waals surface area contributed by atoms with E-state index < -0.39 is 5.54 Å². The van der Waals surface area contributed by atoms with Crippen molar-refractivity contribution in [2.75, 3.05) is 13.7 Å². The lowest BCUT2D eigenvalue weighted by molar-refractivity contribution is 0.0904. The van der Waals surface area contributed by atoms with Crippen LogP contribution in [0.1, 0.15) is 23.2 Å². The summed E-state index contributed by atoms with van der Waals surface area (Å²) in [4.78, 5) is 12.0. The van der Waals surface area contributed by atoms with Gasteiger partial charge < -0.3 is 15.2 Å². The molecule has 1 saturated carbocycles. The van der Waals surface area contributed by atoms with E-state index in [1.165, 1.54) is 7.11 Å². The molecule has 0 atom stereocenters. The second-order valence-electron chi connectivity index (χ2n) is 4.24. The predicted octanol–water partition coefficient (Wildman–Crippen LogP) is 1.60. The van der Waals surface area contributed by atoms with Gasteiger partial charge in [0.25, 0.3) is 5.91 Å². The maximum Gasteiger partial charge on any atom is 0.255 e. The number of rotatable bonds is 4. The SMILES string of the molecule is COc1cc(Cl)ccc1C(=O)NC1(CO)CC1. The van der Waals surface area contributed by atoms with Gasteiger partial charge in [-0.15, -0.1) is 0 Å². The third kappa shape index (κ3) is 2.53. The van der Waals surface area contributed by atoms with Gasteiger partial charge >= 0.3 is 0 Å². The van der Waals surface area contributed by atoms with Crippen LogP contribution in [0, 0.1) is 0 Å². The van der Waals surface area contributed by atoms with Crippen molar-refractivity contribution < 1.29 is 14.6 Å². The number of amides is 1. The number of ether oxygens (including phenoxy) is 1. The van der Waals surface area contributed by atoms with Crippen LogP contribution in [0.4, 0.5) is 0 Å². The number of nitrogens with one attached hydrogen (secondary N) is 1. The zero-order chi connectivity index (χ0) is 12.5. The van der Waals surface area contributed by atoms with Crippen molar-refractivity contribution in [2.45, 2.75) is 18.4 Å². The Morgan fingerprint density at radius 1 is 1.59 bits per heavy atom. The minimum atomic E-state index is -0.429. The number of methoxy groups -OCH3 is 1. The minimum absolute atomic E-state index is 0.0331. The zero-order valence-corrected chi connectivity index (χ0v) is 10.3. The van der Waals surface area contributed by atoms with Gasteiger partial charge in [-0.3, -0.25) is 4.79 Å². The molecule has 0 spiro atoms. The Bertz CT molecular complexity index is 443. The number of carbonyl (C=O) groups is 1. The highest BCUT2D eigenvalue weighted by Gasteiger charge is 2.43. The fourth-order valence-corrected chi connectivity index (χ4v) is 1.80. The largest absolute Gasteiger partial charge is 0.496 e. The maximum atomic E-state index is 12.0. The van der Waals surface area contributed by atoms with Crippen molar-refractivity contribution in [3.05, 3.63) is 28.8 Å². The van der Waals surface area contributed by atoms with Gasteiger partial charge in [0.15, 0.2) is 0 Å². The molecule has 0 aromatic heterocycles. The van der Waals surface area contributed by atoms with E-state index in [1.807, 2.05) is 0 Å². The third-order valence-corrected chi connectivity index (χ3v) is 3.18. The van der Waals surface area contributed by atoms with Crippen LogP contribution >= 0.6 is 11.6 Å². The second kappa shape index (κ2) is 4.55. The monoisotopic (exact) mass is 255 g/mol. The van der Waals surface area contributed by atoms with Crippen LogP contribution in [0.2, 0.25) is 5.02 Å². The molecule has 17 heavy (non-hydrogen) atoms. The van der Waals surface area contributed by atoms with Crippen molar-refractivity contribution >= 4 is 17.5 Å². The zero-order valence-electron chi connectivity index (χ0n) is 9.50. The summed E-state index contributed by atoms with van der Waals surface area (Å²) in [5, 5.41) is 12.5. The molecule has 1 fully saturated rings. The highest BCUT2D eigenvalue weighted by atomic mass is 35.5. The molecule has 5 heteroatoms. The average Bonchev–Trinajstić information content (AvgIpc) is 3.09. The van der Waals surface area contributed by atoms with Crippen molar-refractivity contribution in [1.82, 2.24) is 5.32 Å². The highest BCUT2D eigenvalue weighted by molar-refractivity contribution is 6.30. The van der Waals surface area contributed by atoms with Crippen LogP contribution < -0.4 is 10.1 Å². The first kappa shape index (κ1) is 12.2. The van der Waals surface area contributed by atoms with Gasteiger partial charge in [0.2, 0.25) is 0 Å². The molecule has 4 nitrogen and oxygen atoms in total. The molecule has 2 rings (SSSR count). The van der Waals surface area contributed by atoms with Crippen molar-refractivity contribution in [3.8, 4) is 5.75 Å². The van der Waals surface area contributed by atoms with E-state index in [9.17, 15) is 4.79 Å². The normalized spacial score (nSPS) is 16.4. The number of hydrogen-bond acceptors (Lipinski definition) is 3. The summed E-state index contributed by atoms with van der Waals surface area (Å²) in [7, 11) is 1.49. The van der Waals surface area contributed by atoms with Crippen LogP contribution in [0.15, 0.2) is 18.2 Å². The summed E-state index contributed by atoms with van der Waals surface area (Å²) < 4.78 is 5.11. The van der Waals surface area contributed by atoms with Crippen molar-refractivity contribution in [3.63, 3.8) is 0 Å². The van der Waals surface area contributed by atoms with E-state index in [4.69, 9.17) is 21.4 Å². The standard InChI is InChI=1S/C12H14ClNO3/c1-17-10-6-8(13)2-3-9(10)11(16)14-12(7-15)4-5-12/h2-3,6,15H,4-5,7H2,1H3,(H,14,16). The molecule has 2 N–H and O–H groups in total. The summed E-state index contributed by atoms with van der Waals surface area (Å²) in [6, 6.07) is 4.84. The number of benzene rings is 1. The van der Waals surface area contributed by atoms with Gasteiger partial charge in [-0.05, 0) is 31.0 Å². The lowest BCUT2D eigenvalue weighted by Gasteiger charge is -2.15. The molecule has 0 radical (unpaired) electrons. The number of hydrogen-bond donors (Lipinski definition) is 2. The lowest BCUT2D eigenvalue weighted by Crippen LogP contribution is -2.39. The van der Waals surface area contributed by atoms with Crippen molar-refractivity contribution in [1.29, 1.82) is 0 Å². The quantitative estimate of drug-likeness (QED) is 0.859. The second-order valence-corrected chi connectivity index (χ2v) is 4.67. The fourth-order valence-electron chi connectivity index (χ4n) is 1.63. The maximum absolute atomic E-state index is 12.0. The van der Waals surface area contributed by atoms with E-state index in [2.05, 4.69) is 5.32 Å². The fraction of sp³-hybridized carbons (Fsp3) is 0.417. The first-order chi connectivity index (χ1) is 8.10. The van der Waals surface area contributed by atoms with Crippen LogP contribution in [0.3, 0.4) is 0 Å². The molecule has 0 saturated heterocycles. The first-order valence-corrected chi connectivity index (χ1v) is 5.75. The van der Waals surface area contributed by atoms with E-state index in [0.29, 0.717) is 16.3 Å². The highest BCUT2D eigenvalue weighted by Crippen LogP contribution is 2.35. The molecule has 1 aliphatic carbocycles. The Morgan fingerprint density at radius 3 is 2.82 bits per heavy atom.